The van der Waals surface area contributed by atoms with Crippen LogP contribution < -0.4 is 24.3 Å². The molecule has 0 atom stereocenters. The van der Waals surface area contributed by atoms with E-state index in [-0.39, 0.29) is 12.4 Å². The Morgan fingerprint density at radius 1 is 1.21 bits per heavy atom. The molecule has 1 aliphatic heterocycles. The molecule has 0 aliphatic carbocycles. The van der Waals surface area contributed by atoms with Gasteiger partial charge in [-0.05, 0) is 55.3 Å². The average molecular weight is 464 g/mol. The molecule has 4 rings (SSSR count). The number of nitrogens with one attached hydrogen (secondary N) is 1. The number of nitriles is 1. The lowest BCUT2D eigenvalue weighted by molar-refractivity contribution is -0.112. The van der Waals surface area contributed by atoms with E-state index in [1.54, 1.807) is 18.2 Å². The number of benzene rings is 2. The van der Waals surface area contributed by atoms with Crippen molar-refractivity contribution in [3.05, 3.63) is 64.2 Å². The summed E-state index contributed by atoms with van der Waals surface area (Å²) < 4.78 is 22.4. The lowest BCUT2D eigenvalue weighted by Crippen LogP contribution is -2.13. The Labute approximate surface area is 195 Å². The summed E-state index contributed by atoms with van der Waals surface area (Å²) in [6.45, 7) is 4.66. The number of amides is 1. The molecule has 1 aromatic heterocycles. The smallest absolute Gasteiger partial charge is 0.268 e. The third-order valence-electron chi connectivity index (χ3n) is 4.61. The number of thiazole rings is 1. The largest absolute Gasteiger partial charge is 0.490 e. The van der Waals surface area contributed by atoms with E-state index in [0.29, 0.717) is 46.9 Å². The minimum Gasteiger partial charge on any atom is -0.490 e. The van der Waals surface area contributed by atoms with Crippen molar-refractivity contribution in [3.8, 4) is 29.1 Å². The van der Waals surface area contributed by atoms with Gasteiger partial charge < -0.3 is 18.9 Å². The summed E-state index contributed by atoms with van der Waals surface area (Å²) in [5.41, 5.74) is 2.32. The first-order valence-corrected chi connectivity index (χ1v) is 11.1. The molecule has 1 amide bonds. The molecular formula is C24H21N3O5S. The van der Waals surface area contributed by atoms with E-state index in [1.807, 2.05) is 43.5 Å². The van der Waals surface area contributed by atoms with Crippen LogP contribution in [0.5, 0.6) is 23.0 Å². The summed E-state index contributed by atoms with van der Waals surface area (Å²) in [4.78, 5) is 16.7. The number of fused-ring (bicyclic) bond motifs is 1. The summed E-state index contributed by atoms with van der Waals surface area (Å²) in [7, 11) is 0. The van der Waals surface area contributed by atoms with Gasteiger partial charge in [0.1, 0.15) is 18.2 Å². The van der Waals surface area contributed by atoms with Crippen LogP contribution in [0.15, 0.2) is 47.4 Å². The molecule has 2 aromatic carbocycles. The van der Waals surface area contributed by atoms with Crippen LogP contribution in [0, 0.1) is 18.3 Å². The second kappa shape index (κ2) is 10.1. The fraction of sp³-hybridized carbons (Fsp3) is 0.208. The Kier molecular flexibility index (Phi) is 6.76. The monoisotopic (exact) mass is 463 g/mol. The number of rotatable bonds is 8. The van der Waals surface area contributed by atoms with Gasteiger partial charge in [0.05, 0.1) is 12.3 Å². The predicted molar refractivity (Wildman–Crippen MR) is 124 cm³/mol. The summed E-state index contributed by atoms with van der Waals surface area (Å²) in [6.07, 6.45) is 1.50. The van der Waals surface area contributed by atoms with E-state index in [4.69, 9.17) is 18.9 Å². The summed E-state index contributed by atoms with van der Waals surface area (Å²) >= 11 is 1.30. The van der Waals surface area contributed by atoms with Crippen molar-refractivity contribution >= 4 is 28.5 Å². The molecular weight excluding hydrogens is 442 g/mol. The highest BCUT2D eigenvalue weighted by Crippen LogP contribution is 2.34. The molecule has 168 valence electrons. The zero-order valence-corrected chi connectivity index (χ0v) is 18.9. The predicted octanol–water partition coefficient (Wildman–Crippen LogP) is 4.70. The van der Waals surface area contributed by atoms with Crippen molar-refractivity contribution in [1.82, 2.24) is 4.98 Å². The maximum absolute atomic E-state index is 12.5. The topological polar surface area (TPSA) is 103 Å². The summed E-state index contributed by atoms with van der Waals surface area (Å²) in [5, 5.41) is 14.4. The summed E-state index contributed by atoms with van der Waals surface area (Å²) in [6, 6.07) is 12.8. The average Bonchev–Trinajstić information content (AvgIpc) is 3.45. The Morgan fingerprint density at radius 2 is 2.06 bits per heavy atom. The Bertz CT molecular complexity index is 1250. The zero-order chi connectivity index (χ0) is 23.2. The van der Waals surface area contributed by atoms with E-state index < -0.39 is 5.91 Å². The Balaban J connectivity index is 1.49. The minimum atomic E-state index is -0.520. The molecule has 0 saturated carbocycles. The number of carbonyl (C=O) groups is 1. The first-order valence-electron chi connectivity index (χ1n) is 10.2. The first-order chi connectivity index (χ1) is 16.1. The number of aromatic nitrogens is 1. The highest BCUT2D eigenvalue weighted by Gasteiger charge is 2.15. The SMILES string of the molecule is CCOc1cc(/C=C(/C#N)C(=O)Nc2nc(C)cs2)ccc1OCc1ccc2c(c1)OCO2. The Morgan fingerprint density at radius 3 is 2.82 bits per heavy atom. The number of ether oxygens (including phenoxy) is 4. The molecule has 1 aliphatic rings. The molecule has 1 N–H and O–H groups in total. The van der Waals surface area contributed by atoms with Gasteiger partial charge in [0.25, 0.3) is 5.91 Å². The number of aryl methyl sites for hydroxylation is 1. The number of carbonyl (C=O) groups excluding carboxylic acids is 1. The number of anilines is 1. The molecule has 8 nitrogen and oxygen atoms in total. The van der Waals surface area contributed by atoms with Crippen molar-refractivity contribution in [2.45, 2.75) is 20.5 Å². The van der Waals surface area contributed by atoms with E-state index in [1.165, 1.54) is 17.4 Å². The van der Waals surface area contributed by atoms with Crippen LogP contribution in [0.25, 0.3) is 6.08 Å². The normalized spacial score (nSPS) is 12.2. The van der Waals surface area contributed by atoms with Crippen molar-refractivity contribution in [2.24, 2.45) is 0 Å². The van der Waals surface area contributed by atoms with Gasteiger partial charge in [0.2, 0.25) is 6.79 Å². The van der Waals surface area contributed by atoms with Gasteiger partial charge in [0, 0.05) is 5.38 Å². The third kappa shape index (κ3) is 5.42. The van der Waals surface area contributed by atoms with Gasteiger partial charge in [-0.15, -0.1) is 11.3 Å². The van der Waals surface area contributed by atoms with Gasteiger partial charge in [-0.1, -0.05) is 12.1 Å². The van der Waals surface area contributed by atoms with Crippen LogP contribution >= 0.6 is 11.3 Å². The van der Waals surface area contributed by atoms with Crippen molar-refractivity contribution < 1.29 is 23.7 Å². The van der Waals surface area contributed by atoms with Crippen LogP contribution in [0.4, 0.5) is 5.13 Å². The van der Waals surface area contributed by atoms with Gasteiger partial charge in [-0.3, -0.25) is 10.1 Å². The Hall–Kier alpha value is -4.03. The molecule has 9 heteroatoms. The van der Waals surface area contributed by atoms with Gasteiger partial charge in [-0.2, -0.15) is 5.26 Å². The van der Waals surface area contributed by atoms with Crippen LogP contribution in [0.2, 0.25) is 0 Å². The van der Waals surface area contributed by atoms with Crippen LogP contribution in [-0.2, 0) is 11.4 Å². The number of hydrogen-bond donors (Lipinski definition) is 1. The molecule has 0 radical (unpaired) electrons. The highest BCUT2D eigenvalue weighted by atomic mass is 32.1. The minimum absolute atomic E-state index is 0.0423. The van der Waals surface area contributed by atoms with Crippen molar-refractivity contribution in [1.29, 1.82) is 5.26 Å². The maximum Gasteiger partial charge on any atom is 0.268 e. The first kappa shape index (κ1) is 22.2. The van der Waals surface area contributed by atoms with Gasteiger partial charge in [0.15, 0.2) is 28.1 Å². The van der Waals surface area contributed by atoms with E-state index in [2.05, 4.69) is 10.3 Å². The molecule has 3 aromatic rings. The van der Waals surface area contributed by atoms with E-state index in [0.717, 1.165) is 11.3 Å². The molecule has 0 fully saturated rings. The fourth-order valence-corrected chi connectivity index (χ4v) is 3.77. The fourth-order valence-electron chi connectivity index (χ4n) is 3.08. The summed E-state index contributed by atoms with van der Waals surface area (Å²) in [5.74, 6) is 1.95. The van der Waals surface area contributed by atoms with E-state index >= 15 is 0 Å². The number of nitrogens with zero attached hydrogens (tertiary/aromatic N) is 2. The van der Waals surface area contributed by atoms with Crippen LogP contribution in [0.3, 0.4) is 0 Å². The molecule has 0 unspecified atom stereocenters. The van der Waals surface area contributed by atoms with Crippen molar-refractivity contribution in [3.63, 3.8) is 0 Å². The molecule has 33 heavy (non-hydrogen) atoms. The lowest BCUT2D eigenvalue weighted by atomic mass is 10.1. The molecule has 0 bridgehead atoms. The van der Waals surface area contributed by atoms with Gasteiger partial charge in [-0.25, -0.2) is 4.98 Å². The van der Waals surface area contributed by atoms with Crippen LogP contribution in [-0.4, -0.2) is 24.3 Å². The molecule has 0 spiro atoms. The number of hydrogen-bond acceptors (Lipinski definition) is 8. The van der Waals surface area contributed by atoms with E-state index in [9.17, 15) is 10.1 Å². The van der Waals surface area contributed by atoms with Crippen molar-refractivity contribution in [2.75, 3.05) is 18.7 Å². The quantitative estimate of drug-likeness (QED) is 0.381. The lowest BCUT2D eigenvalue weighted by Gasteiger charge is -2.13. The van der Waals surface area contributed by atoms with Crippen LogP contribution in [0.1, 0.15) is 23.7 Å². The highest BCUT2D eigenvalue weighted by molar-refractivity contribution is 7.13. The standard InChI is InChI=1S/C24H21N3O5S/c1-3-29-21-9-16(8-18(11-25)23(28)27-24-26-15(2)13-33-24)4-6-19(21)30-12-17-5-7-20-22(10-17)32-14-31-20/h4-10,13H,3,12,14H2,1-2H3,(H,26,27,28)/b18-8-. The van der Waals surface area contributed by atoms with Gasteiger partial charge >= 0.3 is 0 Å². The zero-order valence-electron chi connectivity index (χ0n) is 18.1. The maximum atomic E-state index is 12.5. The third-order valence-corrected chi connectivity index (χ3v) is 5.49. The second-order valence-electron chi connectivity index (χ2n) is 7.03. The molecule has 0 saturated heterocycles. The molecule has 2 heterocycles. The second-order valence-corrected chi connectivity index (χ2v) is 7.89.